The topological polar surface area (TPSA) is 34.4 Å². The average Bonchev–Trinajstić information content (AvgIpc) is 3.11. The van der Waals surface area contributed by atoms with Crippen LogP contribution in [-0.4, -0.2) is 10.5 Å². The van der Waals surface area contributed by atoms with Crippen LogP contribution < -0.4 is 4.80 Å². The lowest BCUT2D eigenvalue weighted by Gasteiger charge is -2.03. The number of benzene rings is 4. The lowest BCUT2D eigenvalue weighted by Crippen LogP contribution is -2.16. The van der Waals surface area contributed by atoms with Crippen LogP contribution in [0.25, 0.3) is 31.8 Å². The van der Waals surface area contributed by atoms with E-state index in [1.165, 1.54) is 11.3 Å². The van der Waals surface area contributed by atoms with Crippen molar-refractivity contribution in [3.63, 3.8) is 0 Å². The van der Waals surface area contributed by atoms with Gasteiger partial charge in [0, 0.05) is 10.9 Å². The van der Waals surface area contributed by atoms with E-state index < -0.39 is 0 Å². The van der Waals surface area contributed by atoms with Gasteiger partial charge in [-0.25, -0.2) is 0 Å². The van der Waals surface area contributed by atoms with E-state index in [-0.39, 0.29) is 5.91 Å². The van der Waals surface area contributed by atoms with Crippen LogP contribution in [0, 0.1) is 12.3 Å². The lowest BCUT2D eigenvalue weighted by atomic mass is 10.0. The lowest BCUT2D eigenvalue weighted by molar-refractivity contribution is 0.0999. The van der Waals surface area contributed by atoms with E-state index in [9.17, 15) is 4.79 Å². The molecule has 4 aromatic carbocycles. The van der Waals surface area contributed by atoms with Gasteiger partial charge in [0.1, 0.15) is 0 Å². The van der Waals surface area contributed by atoms with Crippen LogP contribution in [0.3, 0.4) is 0 Å². The zero-order chi connectivity index (χ0) is 19.8. The number of fused-ring (bicyclic) bond motifs is 4. The molecule has 0 aliphatic heterocycles. The molecule has 0 aliphatic carbocycles. The molecule has 0 saturated carbocycles. The summed E-state index contributed by atoms with van der Waals surface area (Å²) in [6, 6.07) is 25.9. The van der Waals surface area contributed by atoms with Gasteiger partial charge < -0.3 is 4.57 Å². The Bertz CT molecular complexity index is 1510. The van der Waals surface area contributed by atoms with Crippen LogP contribution in [0.1, 0.15) is 10.4 Å². The molecule has 0 saturated heterocycles. The number of hydrogen-bond acceptors (Lipinski definition) is 2. The van der Waals surface area contributed by atoms with E-state index in [1.807, 2.05) is 65.2 Å². The van der Waals surface area contributed by atoms with Gasteiger partial charge in [-0.15, -0.1) is 6.42 Å². The van der Waals surface area contributed by atoms with E-state index >= 15 is 0 Å². The molecule has 29 heavy (non-hydrogen) atoms. The van der Waals surface area contributed by atoms with Crippen LogP contribution in [0.4, 0.5) is 0 Å². The molecule has 0 N–H and O–H groups in total. The van der Waals surface area contributed by atoms with Crippen molar-refractivity contribution in [2.75, 3.05) is 0 Å². The standard InChI is InChI=1S/C25H16N2OS/c1-2-16-27-22-15-14-18-9-4-6-12-20(18)23(22)29-25(27)26-24(28)21-13-7-10-17-8-3-5-11-19(17)21/h1,3-15H,16H2. The monoisotopic (exact) mass is 392 g/mol. The molecule has 5 aromatic rings. The second-order valence-corrected chi connectivity index (χ2v) is 7.73. The maximum absolute atomic E-state index is 13.1. The highest BCUT2D eigenvalue weighted by Crippen LogP contribution is 2.28. The van der Waals surface area contributed by atoms with Crippen molar-refractivity contribution in [1.29, 1.82) is 0 Å². The van der Waals surface area contributed by atoms with E-state index in [1.54, 1.807) is 0 Å². The maximum atomic E-state index is 13.1. The van der Waals surface area contributed by atoms with Gasteiger partial charge in [0.05, 0.1) is 16.8 Å². The SMILES string of the molecule is C#CCn1c(=NC(=O)c2cccc3ccccc23)sc2c3ccccc3ccc21. The van der Waals surface area contributed by atoms with Crippen molar-refractivity contribution in [2.45, 2.75) is 6.54 Å². The number of carbonyl (C=O) groups excluding carboxylic acids is 1. The average molecular weight is 392 g/mol. The summed E-state index contributed by atoms with van der Waals surface area (Å²) in [5, 5.41) is 4.21. The molecule has 0 fully saturated rings. The van der Waals surface area contributed by atoms with Gasteiger partial charge in [-0.2, -0.15) is 4.99 Å². The minimum atomic E-state index is -0.261. The van der Waals surface area contributed by atoms with Crippen molar-refractivity contribution < 1.29 is 4.79 Å². The molecule has 0 atom stereocenters. The first-order valence-corrected chi connectivity index (χ1v) is 10.1. The Kier molecular flexibility index (Phi) is 4.23. The molecule has 3 nitrogen and oxygen atoms in total. The fraction of sp³-hybridized carbons (Fsp3) is 0.0400. The normalized spacial score (nSPS) is 11.9. The second-order valence-electron chi connectivity index (χ2n) is 6.75. The van der Waals surface area contributed by atoms with E-state index in [0.717, 1.165) is 31.8 Å². The van der Waals surface area contributed by atoms with Crippen LogP contribution >= 0.6 is 11.3 Å². The summed E-state index contributed by atoms with van der Waals surface area (Å²) in [6.07, 6.45) is 5.62. The molecule has 1 aromatic heterocycles. The smallest absolute Gasteiger partial charge is 0.280 e. The van der Waals surface area contributed by atoms with E-state index in [0.29, 0.717) is 16.9 Å². The van der Waals surface area contributed by atoms with E-state index in [4.69, 9.17) is 6.42 Å². The number of carbonyl (C=O) groups is 1. The molecule has 0 radical (unpaired) electrons. The van der Waals surface area contributed by atoms with Crippen LogP contribution in [0.15, 0.2) is 83.9 Å². The molecule has 1 heterocycles. The molecule has 0 aliphatic rings. The fourth-order valence-corrected chi connectivity index (χ4v) is 4.85. The van der Waals surface area contributed by atoms with Gasteiger partial charge in [-0.3, -0.25) is 4.79 Å². The quantitative estimate of drug-likeness (QED) is 0.371. The molecular weight excluding hydrogens is 376 g/mol. The van der Waals surface area contributed by atoms with Crippen LogP contribution in [-0.2, 0) is 6.54 Å². The Morgan fingerprint density at radius 3 is 2.38 bits per heavy atom. The maximum Gasteiger partial charge on any atom is 0.280 e. The summed E-state index contributed by atoms with van der Waals surface area (Å²) < 4.78 is 3.03. The van der Waals surface area contributed by atoms with Crippen molar-refractivity contribution in [1.82, 2.24) is 4.57 Å². The van der Waals surface area contributed by atoms with Crippen molar-refractivity contribution >= 4 is 49.0 Å². The highest BCUT2D eigenvalue weighted by atomic mass is 32.1. The third-order valence-electron chi connectivity index (χ3n) is 5.04. The van der Waals surface area contributed by atoms with Gasteiger partial charge in [0.25, 0.3) is 5.91 Å². The molecule has 0 unspecified atom stereocenters. The number of hydrogen-bond donors (Lipinski definition) is 0. The zero-order valence-corrected chi connectivity index (χ0v) is 16.3. The van der Waals surface area contributed by atoms with Gasteiger partial charge in [-0.1, -0.05) is 84.0 Å². The predicted octanol–water partition coefficient (Wildman–Crippen LogP) is 5.38. The Hall–Kier alpha value is -3.68. The van der Waals surface area contributed by atoms with Gasteiger partial charge >= 0.3 is 0 Å². The Morgan fingerprint density at radius 1 is 0.897 bits per heavy atom. The summed E-state index contributed by atoms with van der Waals surface area (Å²) in [4.78, 5) is 18.2. The minimum absolute atomic E-state index is 0.261. The molecule has 138 valence electrons. The number of aromatic nitrogens is 1. The first kappa shape index (κ1) is 17.4. The predicted molar refractivity (Wildman–Crippen MR) is 120 cm³/mol. The van der Waals surface area contributed by atoms with Crippen LogP contribution in [0.5, 0.6) is 0 Å². The number of nitrogens with zero attached hydrogens (tertiary/aromatic N) is 2. The van der Waals surface area contributed by atoms with Crippen molar-refractivity contribution in [2.24, 2.45) is 4.99 Å². The molecule has 1 amide bonds. The minimum Gasteiger partial charge on any atom is -0.305 e. The number of terminal acetylenes is 1. The summed E-state index contributed by atoms with van der Waals surface area (Å²) in [5.74, 6) is 2.43. The third-order valence-corrected chi connectivity index (χ3v) is 6.17. The first-order chi connectivity index (χ1) is 14.3. The third kappa shape index (κ3) is 2.93. The Labute approximate surface area is 171 Å². The number of rotatable bonds is 2. The van der Waals surface area contributed by atoms with Gasteiger partial charge in [0.15, 0.2) is 4.80 Å². The fourth-order valence-electron chi connectivity index (χ4n) is 3.69. The van der Waals surface area contributed by atoms with Gasteiger partial charge in [-0.05, 0) is 28.3 Å². The zero-order valence-electron chi connectivity index (χ0n) is 15.5. The largest absolute Gasteiger partial charge is 0.305 e. The molecule has 0 bridgehead atoms. The Morgan fingerprint density at radius 2 is 1.59 bits per heavy atom. The molecular formula is C25H16N2OS. The van der Waals surface area contributed by atoms with Crippen LogP contribution in [0.2, 0.25) is 0 Å². The van der Waals surface area contributed by atoms with Gasteiger partial charge in [0.2, 0.25) is 0 Å². The van der Waals surface area contributed by atoms with Crippen molar-refractivity contribution in [3.05, 3.63) is 89.2 Å². The molecule has 5 rings (SSSR count). The summed E-state index contributed by atoms with van der Waals surface area (Å²) >= 11 is 1.50. The van der Waals surface area contributed by atoms with Crippen molar-refractivity contribution in [3.8, 4) is 12.3 Å². The summed E-state index contributed by atoms with van der Waals surface area (Å²) in [7, 11) is 0. The van der Waals surface area contributed by atoms with E-state index in [2.05, 4.69) is 29.1 Å². The second kappa shape index (κ2) is 7.05. The summed E-state index contributed by atoms with van der Waals surface area (Å²) in [6.45, 7) is 0.361. The molecule has 0 spiro atoms. The molecule has 4 heteroatoms. The summed E-state index contributed by atoms with van der Waals surface area (Å²) in [5.41, 5.74) is 1.59. The number of thiazole rings is 1. The Balaban J connectivity index is 1.76. The highest BCUT2D eigenvalue weighted by Gasteiger charge is 2.12. The highest BCUT2D eigenvalue weighted by molar-refractivity contribution is 7.17. The first-order valence-electron chi connectivity index (χ1n) is 9.27. The number of amides is 1.